The number of urea groups is 1. The number of nitrogens with zero attached hydrogens (tertiary/aromatic N) is 1. The van der Waals surface area contributed by atoms with E-state index < -0.39 is 35.8 Å². The minimum absolute atomic E-state index is 0.135. The number of ether oxygens (including phenoxy) is 1. The second-order valence-electron chi connectivity index (χ2n) is 7.22. The van der Waals surface area contributed by atoms with Gasteiger partial charge in [0.15, 0.2) is 5.78 Å². The molecule has 3 rings (SSSR count). The van der Waals surface area contributed by atoms with Crippen LogP contribution in [0.25, 0.3) is 0 Å². The number of Topliss-reactive ketones (excluding diaryl/α,β-unsaturated/α-hetero) is 1. The van der Waals surface area contributed by atoms with Gasteiger partial charge in [-0.05, 0) is 32.8 Å². The number of aromatic amines is 1. The largest absolute Gasteiger partial charge is 0.462 e. The molecule has 0 unspecified atom stereocenters. The van der Waals surface area contributed by atoms with Crippen LogP contribution in [0.1, 0.15) is 57.9 Å². The lowest BCUT2D eigenvalue weighted by molar-refractivity contribution is -0.131. The zero-order valence-electron chi connectivity index (χ0n) is 17.5. The Balaban J connectivity index is 1.93. The number of amides is 3. The number of imide groups is 1. The van der Waals surface area contributed by atoms with Crippen LogP contribution in [0.4, 0.5) is 4.79 Å². The van der Waals surface area contributed by atoms with Gasteiger partial charge in [0.1, 0.15) is 5.54 Å². The third-order valence-electron chi connectivity index (χ3n) is 5.41. The van der Waals surface area contributed by atoms with E-state index in [9.17, 15) is 19.2 Å². The highest BCUT2D eigenvalue weighted by Crippen LogP contribution is 2.32. The molecule has 158 valence electrons. The van der Waals surface area contributed by atoms with Gasteiger partial charge < -0.3 is 15.0 Å². The maximum absolute atomic E-state index is 13.2. The Labute approximate surface area is 174 Å². The van der Waals surface area contributed by atoms with Gasteiger partial charge in [0.05, 0.1) is 24.3 Å². The summed E-state index contributed by atoms with van der Waals surface area (Å²) < 4.78 is 5.06. The number of hydrogen-bond donors (Lipinski definition) is 2. The van der Waals surface area contributed by atoms with Gasteiger partial charge in [0.2, 0.25) is 0 Å². The summed E-state index contributed by atoms with van der Waals surface area (Å²) in [5.74, 6) is -1.62. The molecule has 0 spiro atoms. The SMILES string of the molecule is CCOC(=O)c1c(C)[nH]c(C)c1C(=O)CN1C(=O)N[C@](CC)(c2ccccc2)C1=O. The Morgan fingerprint density at radius 1 is 1.03 bits per heavy atom. The van der Waals surface area contributed by atoms with Crippen molar-refractivity contribution in [1.29, 1.82) is 0 Å². The van der Waals surface area contributed by atoms with E-state index in [2.05, 4.69) is 10.3 Å². The Morgan fingerprint density at radius 3 is 2.27 bits per heavy atom. The predicted molar refractivity (Wildman–Crippen MR) is 109 cm³/mol. The molecular weight excluding hydrogens is 386 g/mol. The number of rotatable bonds is 7. The van der Waals surface area contributed by atoms with Crippen LogP contribution >= 0.6 is 0 Å². The highest BCUT2D eigenvalue weighted by atomic mass is 16.5. The third-order valence-corrected chi connectivity index (χ3v) is 5.41. The molecule has 8 heteroatoms. The zero-order chi connectivity index (χ0) is 22.1. The van der Waals surface area contributed by atoms with E-state index in [1.54, 1.807) is 52.0 Å². The molecule has 2 heterocycles. The van der Waals surface area contributed by atoms with Crippen molar-refractivity contribution in [3.05, 3.63) is 58.4 Å². The fourth-order valence-corrected chi connectivity index (χ4v) is 3.94. The van der Waals surface area contributed by atoms with Crippen molar-refractivity contribution in [2.24, 2.45) is 0 Å². The molecule has 30 heavy (non-hydrogen) atoms. The van der Waals surface area contributed by atoms with Gasteiger partial charge in [-0.1, -0.05) is 37.3 Å². The molecule has 1 aliphatic rings. The Hall–Kier alpha value is -3.42. The van der Waals surface area contributed by atoms with Crippen molar-refractivity contribution in [2.45, 2.75) is 39.7 Å². The van der Waals surface area contributed by atoms with Crippen LogP contribution < -0.4 is 5.32 Å². The van der Waals surface area contributed by atoms with E-state index in [0.29, 0.717) is 23.4 Å². The summed E-state index contributed by atoms with van der Waals surface area (Å²) in [5, 5.41) is 2.75. The number of aromatic nitrogens is 1. The van der Waals surface area contributed by atoms with Crippen molar-refractivity contribution in [2.75, 3.05) is 13.2 Å². The smallest absolute Gasteiger partial charge is 0.340 e. The summed E-state index contributed by atoms with van der Waals surface area (Å²) >= 11 is 0. The summed E-state index contributed by atoms with van der Waals surface area (Å²) in [5.41, 5.74) is 0.695. The minimum atomic E-state index is -1.22. The van der Waals surface area contributed by atoms with E-state index in [-0.39, 0.29) is 17.7 Å². The number of nitrogens with one attached hydrogen (secondary N) is 2. The molecule has 1 saturated heterocycles. The quantitative estimate of drug-likeness (QED) is 0.414. The van der Waals surface area contributed by atoms with Crippen LogP contribution in [0.2, 0.25) is 0 Å². The van der Waals surface area contributed by atoms with Crippen molar-refractivity contribution < 1.29 is 23.9 Å². The van der Waals surface area contributed by atoms with Gasteiger partial charge in [-0.25, -0.2) is 9.59 Å². The summed E-state index contributed by atoms with van der Waals surface area (Å²) in [6, 6.07) is 8.30. The van der Waals surface area contributed by atoms with Gasteiger partial charge >= 0.3 is 12.0 Å². The van der Waals surface area contributed by atoms with E-state index in [4.69, 9.17) is 4.74 Å². The van der Waals surface area contributed by atoms with Crippen molar-refractivity contribution >= 4 is 23.7 Å². The van der Waals surface area contributed by atoms with Crippen LogP contribution in [0, 0.1) is 13.8 Å². The zero-order valence-corrected chi connectivity index (χ0v) is 17.5. The summed E-state index contributed by atoms with van der Waals surface area (Å²) in [4.78, 5) is 55.2. The topological polar surface area (TPSA) is 109 Å². The third kappa shape index (κ3) is 3.38. The molecule has 0 radical (unpaired) electrons. The Kier molecular flexibility index (Phi) is 5.78. The fourth-order valence-electron chi connectivity index (χ4n) is 3.94. The second kappa shape index (κ2) is 8.14. The predicted octanol–water partition coefficient (Wildman–Crippen LogP) is 2.85. The first-order valence-electron chi connectivity index (χ1n) is 9.85. The minimum Gasteiger partial charge on any atom is -0.462 e. The molecule has 1 aromatic carbocycles. The molecule has 1 atom stereocenters. The molecule has 3 amide bonds. The van der Waals surface area contributed by atoms with E-state index in [1.807, 2.05) is 6.07 Å². The van der Waals surface area contributed by atoms with Crippen molar-refractivity contribution in [1.82, 2.24) is 15.2 Å². The average Bonchev–Trinajstić information content (AvgIpc) is 3.16. The molecule has 1 fully saturated rings. The maximum Gasteiger partial charge on any atom is 0.340 e. The number of esters is 1. The molecule has 2 N–H and O–H groups in total. The van der Waals surface area contributed by atoms with Crippen LogP contribution in [-0.2, 0) is 15.1 Å². The lowest BCUT2D eigenvalue weighted by Crippen LogP contribution is -2.43. The molecule has 8 nitrogen and oxygen atoms in total. The highest BCUT2D eigenvalue weighted by Gasteiger charge is 2.51. The first-order valence-corrected chi connectivity index (χ1v) is 9.85. The van der Waals surface area contributed by atoms with Crippen molar-refractivity contribution in [3.8, 4) is 0 Å². The van der Waals surface area contributed by atoms with E-state index in [0.717, 1.165) is 4.90 Å². The summed E-state index contributed by atoms with van der Waals surface area (Å²) in [6.45, 7) is 6.50. The standard InChI is InChI=1S/C22H25N3O5/c1-5-22(15-10-8-7-9-11-15)20(28)25(21(29)24-22)12-16(26)17-13(3)23-14(4)18(17)19(27)30-6-2/h7-11,23H,5-6,12H2,1-4H3,(H,24,29)/t22-/m1/s1. The van der Waals surface area contributed by atoms with Crippen LogP contribution in [0.5, 0.6) is 0 Å². The molecule has 0 bridgehead atoms. The maximum atomic E-state index is 13.2. The number of aryl methyl sites for hydroxylation is 2. The van der Waals surface area contributed by atoms with Crippen LogP contribution in [-0.4, -0.2) is 46.7 Å². The van der Waals surface area contributed by atoms with Gasteiger partial charge in [-0.15, -0.1) is 0 Å². The molecule has 0 saturated carbocycles. The molecule has 2 aromatic rings. The number of H-pyrrole nitrogens is 1. The van der Waals surface area contributed by atoms with Gasteiger partial charge in [-0.2, -0.15) is 0 Å². The average molecular weight is 411 g/mol. The second-order valence-corrected chi connectivity index (χ2v) is 7.22. The number of carbonyl (C=O) groups is 4. The van der Waals surface area contributed by atoms with Crippen molar-refractivity contribution in [3.63, 3.8) is 0 Å². The number of carbonyl (C=O) groups excluding carboxylic acids is 4. The first-order chi connectivity index (χ1) is 14.3. The Morgan fingerprint density at radius 2 is 1.67 bits per heavy atom. The van der Waals surface area contributed by atoms with E-state index in [1.165, 1.54) is 0 Å². The van der Waals surface area contributed by atoms with Gasteiger partial charge in [0, 0.05) is 11.4 Å². The Bertz CT molecular complexity index is 1010. The monoisotopic (exact) mass is 411 g/mol. The molecular formula is C22H25N3O5. The molecule has 1 aliphatic heterocycles. The van der Waals surface area contributed by atoms with Crippen LogP contribution in [0.15, 0.2) is 30.3 Å². The van der Waals surface area contributed by atoms with Gasteiger partial charge in [0.25, 0.3) is 5.91 Å². The normalized spacial score (nSPS) is 18.5. The van der Waals surface area contributed by atoms with E-state index >= 15 is 0 Å². The lowest BCUT2D eigenvalue weighted by Gasteiger charge is -2.25. The number of ketones is 1. The first kappa shape index (κ1) is 21.3. The highest BCUT2D eigenvalue weighted by molar-refractivity contribution is 6.14. The lowest BCUT2D eigenvalue weighted by atomic mass is 9.87. The van der Waals surface area contributed by atoms with Crippen LogP contribution in [0.3, 0.4) is 0 Å². The molecule has 1 aromatic heterocycles. The van der Waals surface area contributed by atoms with Gasteiger partial charge in [-0.3, -0.25) is 14.5 Å². The summed E-state index contributed by atoms with van der Waals surface area (Å²) in [7, 11) is 0. The fraction of sp³-hybridized carbons (Fsp3) is 0.364. The number of hydrogen-bond acceptors (Lipinski definition) is 5. The number of benzene rings is 1. The molecule has 0 aliphatic carbocycles. The summed E-state index contributed by atoms with van der Waals surface area (Å²) in [6.07, 6.45) is 0.336.